The van der Waals surface area contributed by atoms with Crippen molar-refractivity contribution in [3.63, 3.8) is 0 Å². The van der Waals surface area contributed by atoms with Gasteiger partial charge in [-0.05, 0) is 42.9 Å². The van der Waals surface area contributed by atoms with Crippen molar-refractivity contribution in [2.75, 3.05) is 13.1 Å². The summed E-state index contributed by atoms with van der Waals surface area (Å²) in [6.07, 6.45) is 1.64. The quantitative estimate of drug-likeness (QED) is 0.756. The predicted molar refractivity (Wildman–Crippen MR) is 75.4 cm³/mol. The van der Waals surface area contributed by atoms with Gasteiger partial charge in [-0.2, -0.15) is 0 Å². The van der Waals surface area contributed by atoms with Crippen molar-refractivity contribution in [3.05, 3.63) is 59.0 Å². The van der Waals surface area contributed by atoms with Gasteiger partial charge < -0.3 is 4.42 Å². The van der Waals surface area contributed by atoms with Crippen LogP contribution in [-0.4, -0.2) is 23.8 Å². The van der Waals surface area contributed by atoms with Gasteiger partial charge in [0.2, 0.25) is 0 Å². The predicted octanol–water partition coefficient (Wildman–Crippen LogP) is 3.64. The van der Waals surface area contributed by atoms with E-state index in [1.165, 1.54) is 0 Å². The minimum Gasteiger partial charge on any atom is -0.468 e. The Morgan fingerprint density at radius 2 is 2.00 bits per heavy atom. The Hall–Kier alpha value is -1.58. The Kier molecular flexibility index (Phi) is 4.77. The van der Waals surface area contributed by atoms with E-state index in [1.54, 1.807) is 30.5 Å². The normalized spacial score (nSPS) is 10.9. The van der Waals surface area contributed by atoms with Crippen LogP contribution in [0, 0.1) is 0 Å². The van der Waals surface area contributed by atoms with E-state index in [0.717, 1.165) is 12.3 Å². The van der Waals surface area contributed by atoms with Crippen molar-refractivity contribution in [2.24, 2.45) is 0 Å². The third-order valence-electron chi connectivity index (χ3n) is 2.94. The number of likely N-dealkylation sites (N-methyl/N-ethyl adjacent to an activating group) is 1. The number of rotatable bonds is 6. The highest BCUT2D eigenvalue weighted by Gasteiger charge is 2.12. The molecule has 4 heteroatoms. The molecule has 0 bridgehead atoms. The molecule has 0 radical (unpaired) electrons. The second-order valence-electron chi connectivity index (χ2n) is 4.31. The number of benzene rings is 1. The first-order valence-electron chi connectivity index (χ1n) is 6.22. The molecule has 1 aromatic heterocycles. The molecule has 19 heavy (non-hydrogen) atoms. The molecule has 0 fully saturated rings. The smallest absolute Gasteiger partial charge is 0.176 e. The summed E-state index contributed by atoms with van der Waals surface area (Å²) in [6.45, 7) is 3.83. The second-order valence-corrected chi connectivity index (χ2v) is 4.75. The maximum atomic E-state index is 12.1. The van der Waals surface area contributed by atoms with E-state index in [2.05, 4.69) is 0 Å². The molecule has 100 valence electrons. The van der Waals surface area contributed by atoms with Crippen molar-refractivity contribution in [1.29, 1.82) is 0 Å². The Morgan fingerprint density at radius 1 is 1.26 bits per heavy atom. The molecule has 2 aromatic rings. The van der Waals surface area contributed by atoms with Gasteiger partial charge in [-0.1, -0.05) is 18.5 Å². The Morgan fingerprint density at radius 3 is 2.58 bits per heavy atom. The lowest BCUT2D eigenvalue weighted by molar-refractivity contribution is 0.0925. The average Bonchev–Trinajstić information content (AvgIpc) is 2.91. The van der Waals surface area contributed by atoms with Gasteiger partial charge in [-0.15, -0.1) is 0 Å². The molecule has 0 aliphatic rings. The molecule has 0 aliphatic carbocycles. The number of carbonyl (C=O) groups is 1. The zero-order chi connectivity index (χ0) is 13.7. The molecule has 0 saturated heterocycles. The summed E-state index contributed by atoms with van der Waals surface area (Å²) in [6, 6.07) is 10.7. The summed E-state index contributed by atoms with van der Waals surface area (Å²) in [5, 5.41) is 0.638. The molecule has 0 N–H and O–H groups in total. The first-order valence-corrected chi connectivity index (χ1v) is 6.60. The topological polar surface area (TPSA) is 33.5 Å². The van der Waals surface area contributed by atoms with Gasteiger partial charge in [0.1, 0.15) is 5.76 Å². The van der Waals surface area contributed by atoms with E-state index in [-0.39, 0.29) is 5.78 Å². The molecular formula is C15H16ClNO2. The van der Waals surface area contributed by atoms with Crippen molar-refractivity contribution in [1.82, 2.24) is 4.90 Å². The molecule has 2 rings (SSSR count). The molecule has 0 atom stereocenters. The first-order chi connectivity index (χ1) is 9.19. The first kappa shape index (κ1) is 13.8. The van der Waals surface area contributed by atoms with Gasteiger partial charge in [-0.25, -0.2) is 0 Å². The minimum absolute atomic E-state index is 0.0880. The van der Waals surface area contributed by atoms with E-state index in [0.29, 0.717) is 23.7 Å². The van der Waals surface area contributed by atoms with Crippen LogP contribution in [-0.2, 0) is 6.54 Å². The standard InChI is InChI=1S/C15H16ClNO2/c1-2-17(10-14-4-3-9-19-14)11-15(18)12-5-7-13(16)8-6-12/h3-9H,2,10-11H2,1H3. The van der Waals surface area contributed by atoms with Gasteiger partial charge in [0.05, 0.1) is 19.4 Å². The van der Waals surface area contributed by atoms with E-state index in [4.69, 9.17) is 16.0 Å². The summed E-state index contributed by atoms with van der Waals surface area (Å²) in [4.78, 5) is 14.2. The number of halogens is 1. The summed E-state index contributed by atoms with van der Waals surface area (Å²) < 4.78 is 5.30. The molecule has 0 saturated carbocycles. The fourth-order valence-corrected chi connectivity index (χ4v) is 1.96. The van der Waals surface area contributed by atoms with Crippen LogP contribution in [0.2, 0.25) is 5.02 Å². The van der Waals surface area contributed by atoms with Crippen LogP contribution in [0.3, 0.4) is 0 Å². The highest BCUT2D eigenvalue weighted by Crippen LogP contribution is 2.11. The monoisotopic (exact) mass is 277 g/mol. The number of carbonyl (C=O) groups excluding carboxylic acids is 1. The summed E-state index contributed by atoms with van der Waals surface area (Å²) in [5.74, 6) is 0.954. The van der Waals surface area contributed by atoms with Crippen molar-refractivity contribution < 1.29 is 9.21 Å². The lowest BCUT2D eigenvalue weighted by Gasteiger charge is -2.18. The lowest BCUT2D eigenvalue weighted by Crippen LogP contribution is -2.29. The van der Waals surface area contributed by atoms with E-state index >= 15 is 0 Å². The van der Waals surface area contributed by atoms with Crippen LogP contribution in [0.25, 0.3) is 0 Å². The Bertz CT molecular complexity index is 520. The van der Waals surface area contributed by atoms with Crippen molar-refractivity contribution >= 4 is 17.4 Å². The molecule has 1 heterocycles. The third-order valence-corrected chi connectivity index (χ3v) is 3.19. The van der Waals surface area contributed by atoms with Crippen LogP contribution in [0.4, 0.5) is 0 Å². The number of Topliss-reactive ketones (excluding diaryl/α,β-unsaturated/α-hetero) is 1. The number of furan rings is 1. The van der Waals surface area contributed by atoms with Gasteiger partial charge in [0.25, 0.3) is 0 Å². The fraction of sp³-hybridized carbons (Fsp3) is 0.267. The highest BCUT2D eigenvalue weighted by molar-refractivity contribution is 6.30. The Balaban J connectivity index is 1.98. The largest absolute Gasteiger partial charge is 0.468 e. The zero-order valence-corrected chi connectivity index (χ0v) is 11.6. The molecule has 0 unspecified atom stereocenters. The van der Waals surface area contributed by atoms with Crippen LogP contribution in [0.5, 0.6) is 0 Å². The van der Waals surface area contributed by atoms with Crippen LogP contribution in [0.15, 0.2) is 47.1 Å². The van der Waals surface area contributed by atoms with Crippen LogP contribution in [0.1, 0.15) is 23.0 Å². The number of hydrogen-bond acceptors (Lipinski definition) is 3. The minimum atomic E-state index is 0.0880. The molecule has 0 aliphatic heterocycles. The van der Waals surface area contributed by atoms with Gasteiger partial charge in [0, 0.05) is 10.6 Å². The summed E-state index contributed by atoms with van der Waals surface area (Å²) in [5.41, 5.74) is 0.683. The van der Waals surface area contributed by atoms with Crippen LogP contribution < -0.4 is 0 Å². The molecule has 0 spiro atoms. The number of nitrogens with zero attached hydrogens (tertiary/aromatic N) is 1. The van der Waals surface area contributed by atoms with Gasteiger partial charge in [0.15, 0.2) is 5.78 Å². The third kappa shape index (κ3) is 3.94. The maximum Gasteiger partial charge on any atom is 0.176 e. The SMILES string of the molecule is CCN(CC(=O)c1ccc(Cl)cc1)Cc1ccco1. The van der Waals surface area contributed by atoms with Crippen molar-refractivity contribution in [2.45, 2.75) is 13.5 Å². The molecule has 3 nitrogen and oxygen atoms in total. The summed E-state index contributed by atoms with van der Waals surface area (Å²) in [7, 11) is 0. The average molecular weight is 278 g/mol. The van der Waals surface area contributed by atoms with Crippen molar-refractivity contribution in [3.8, 4) is 0 Å². The fourth-order valence-electron chi connectivity index (χ4n) is 1.83. The maximum absolute atomic E-state index is 12.1. The van der Waals surface area contributed by atoms with E-state index < -0.39 is 0 Å². The summed E-state index contributed by atoms with van der Waals surface area (Å²) >= 11 is 5.81. The second kappa shape index (κ2) is 6.55. The van der Waals surface area contributed by atoms with E-state index in [1.807, 2.05) is 24.0 Å². The van der Waals surface area contributed by atoms with E-state index in [9.17, 15) is 4.79 Å². The lowest BCUT2D eigenvalue weighted by atomic mass is 10.1. The molecule has 0 amide bonds. The Labute approximate surface area is 117 Å². The number of ketones is 1. The number of hydrogen-bond donors (Lipinski definition) is 0. The van der Waals surface area contributed by atoms with Gasteiger partial charge >= 0.3 is 0 Å². The van der Waals surface area contributed by atoms with Crippen LogP contribution >= 0.6 is 11.6 Å². The molecule has 1 aromatic carbocycles. The van der Waals surface area contributed by atoms with Gasteiger partial charge in [-0.3, -0.25) is 9.69 Å². The highest BCUT2D eigenvalue weighted by atomic mass is 35.5. The molecular weight excluding hydrogens is 262 g/mol. The zero-order valence-electron chi connectivity index (χ0n) is 10.8.